The molecule has 1 aromatic heterocycles. The number of hydrogen-bond acceptors (Lipinski definition) is 5. The Morgan fingerprint density at radius 1 is 1.06 bits per heavy atom. The molecule has 4 rings (SSSR count). The highest BCUT2D eigenvalue weighted by molar-refractivity contribution is 7.92. The second-order valence-electron chi connectivity index (χ2n) is 7.29. The van der Waals surface area contributed by atoms with Gasteiger partial charge < -0.3 is 9.30 Å². The van der Waals surface area contributed by atoms with Crippen LogP contribution >= 0.6 is 46.1 Å². The number of anilines is 1. The van der Waals surface area contributed by atoms with Gasteiger partial charge in [-0.3, -0.25) is 9.52 Å². The van der Waals surface area contributed by atoms with Crippen LogP contribution in [-0.4, -0.2) is 32.6 Å². The quantitative estimate of drug-likeness (QED) is 0.302. The van der Waals surface area contributed by atoms with Gasteiger partial charge in [0.05, 0.1) is 31.8 Å². The third-order valence-electron chi connectivity index (χ3n) is 4.93. The summed E-state index contributed by atoms with van der Waals surface area (Å²) in [6.45, 7) is 0.779. The number of ether oxygens (including phenoxy) is 1. The van der Waals surface area contributed by atoms with E-state index in [4.69, 9.17) is 39.5 Å². The number of thiazole rings is 1. The lowest BCUT2D eigenvalue weighted by Crippen LogP contribution is -2.19. The van der Waals surface area contributed by atoms with Crippen LogP contribution in [-0.2, 0) is 21.3 Å². The number of methoxy groups -OCH3 is 1. The van der Waals surface area contributed by atoms with E-state index in [0.717, 1.165) is 0 Å². The van der Waals surface area contributed by atoms with Gasteiger partial charge in [-0.2, -0.15) is 4.99 Å². The summed E-state index contributed by atoms with van der Waals surface area (Å²) in [5.41, 5.74) is 1.09. The van der Waals surface area contributed by atoms with Crippen LogP contribution in [0.1, 0.15) is 10.4 Å². The number of rotatable bonds is 7. The summed E-state index contributed by atoms with van der Waals surface area (Å²) in [6.07, 6.45) is 0. The Labute approximate surface area is 220 Å². The number of carbonyl (C=O) groups is 1. The number of aromatic nitrogens is 1. The maximum absolute atomic E-state index is 13.0. The molecule has 0 saturated heterocycles. The van der Waals surface area contributed by atoms with Gasteiger partial charge in [-0.15, -0.1) is 0 Å². The molecule has 0 aliphatic carbocycles. The Hall–Kier alpha value is -2.40. The molecule has 1 amide bonds. The molecule has 1 heterocycles. The molecule has 3 aromatic carbocycles. The van der Waals surface area contributed by atoms with E-state index in [0.29, 0.717) is 43.2 Å². The Bertz CT molecular complexity index is 1580. The van der Waals surface area contributed by atoms with Crippen LogP contribution < -0.4 is 9.52 Å². The van der Waals surface area contributed by atoms with Gasteiger partial charge in [0.2, 0.25) is 0 Å². The lowest BCUT2D eigenvalue weighted by atomic mass is 10.2. The molecule has 7 nitrogen and oxygen atoms in total. The number of benzene rings is 3. The van der Waals surface area contributed by atoms with Crippen molar-refractivity contribution in [2.75, 3.05) is 18.4 Å². The van der Waals surface area contributed by atoms with Crippen molar-refractivity contribution in [3.05, 3.63) is 86.1 Å². The van der Waals surface area contributed by atoms with E-state index in [1.54, 1.807) is 42.0 Å². The largest absolute Gasteiger partial charge is 0.383 e. The van der Waals surface area contributed by atoms with Crippen LogP contribution in [0.3, 0.4) is 0 Å². The normalized spacial score (nSPS) is 12.3. The van der Waals surface area contributed by atoms with Crippen molar-refractivity contribution in [1.29, 1.82) is 0 Å². The topological polar surface area (TPSA) is 89.8 Å². The zero-order valence-corrected chi connectivity index (χ0v) is 22.1. The van der Waals surface area contributed by atoms with Gasteiger partial charge >= 0.3 is 0 Å². The fourth-order valence-electron chi connectivity index (χ4n) is 3.28. The van der Waals surface area contributed by atoms with Gasteiger partial charge in [-0.05, 0) is 54.6 Å². The minimum Gasteiger partial charge on any atom is -0.383 e. The molecule has 4 aromatic rings. The number of fused-ring (bicyclic) bond motifs is 1. The van der Waals surface area contributed by atoms with Gasteiger partial charge in [-0.1, -0.05) is 52.2 Å². The minimum atomic E-state index is -3.87. The molecule has 0 unspecified atom stereocenters. The number of halogens is 3. The van der Waals surface area contributed by atoms with E-state index in [1.165, 1.54) is 41.7 Å². The van der Waals surface area contributed by atoms with Crippen molar-refractivity contribution < 1.29 is 17.9 Å². The molecule has 12 heteroatoms. The van der Waals surface area contributed by atoms with E-state index in [1.807, 2.05) is 0 Å². The van der Waals surface area contributed by atoms with Gasteiger partial charge in [0.1, 0.15) is 0 Å². The maximum atomic E-state index is 13.0. The minimum absolute atomic E-state index is 0.0431. The highest BCUT2D eigenvalue weighted by Gasteiger charge is 2.17. The number of sulfonamides is 1. The number of nitrogens with zero attached hydrogens (tertiary/aromatic N) is 2. The molecule has 0 aliphatic rings. The second-order valence-corrected chi connectivity index (χ2v) is 11.2. The number of amides is 1. The first-order chi connectivity index (χ1) is 16.7. The first-order valence-corrected chi connectivity index (χ1v) is 13.6. The summed E-state index contributed by atoms with van der Waals surface area (Å²) in [4.78, 5) is 17.8. The van der Waals surface area contributed by atoms with Crippen molar-refractivity contribution >= 4 is 78.0 Å². The lowest BCUT2D eigenvalue weighted by Gasteiger charge is -2.09. The molecule has 1 N–H and O–H groups in total. The van der Waals surface area contributed by atoms with Crippen molar-refractivity contribution in [1.82, 2.24) is 4.57 Å². The first kappa shape index (κ1) is 25.7. The van der Waals surface area contributed by atoms with Gasteiger partial charge in [-0.25, -0.2) is 8.42 Å². The van der Waals surface area contributed by atoms with Crippen LogP contribution in [0.25, 0.3) is 10.2 Å². The molecule has 0 saturated carbocycles. The van der Waals surface area contributed by atoms with E-state index in [2.05, 4.69) is 9.71 Å². The molecule has 0 radical (unpaired) electrons. The standard InChI is InChI=1S/C23H18Cl3N3O4S2/c1-33-12-11-29-20-18(25)9-10-19(26)21(20)34-23(29)27-22(30)14-3-2-4-16(13-14)28-35(31,32)17-7-5-15(24)6-8-17/h2-10,13,28H,11-12H2,1H3. The smallest absolute Gasteiger partial charge is 0.279 e. The second kappa shape index (κ2) is 10.7. The van der Waals surface area contributed by atoms with Gasteiger partial charge in [0, 0.05) is 29.9 Å². The third-order valence-corrected chi connectivity index (χ3v) is 8.42. The molecule has 0 atom stereocenters. The molecule has 0 bridgehead atoms. The predicted molar refractivity (Wildman–Crippen MR) is 140 cm³/mol. The van der Waals surface area contributed by atoms with Crippen LogP contribution in [0, 0.1) is 0 Å². The van der Waals surface area contributed by atoms with E-state index in [-0.39, 0.29) is 16.1 Å². The molecule has 0 spiro atoms. The zero-order chi connectivity index (χ0) is 25.2. The van der Waals surface area contributed by atoms with Crippen LogP contribution in [0.4, 0.5) is 5.69 Å². The van der Waals surface area contributed by atoms with E-state index < -0.39 is 15.9 Å². The Kier molecular flexibility index (Phi) is 7.85. The average Bonchev–Trinajstić information content (AvgIpc) is 3.19. The average molecular weight is 571 g/mol. The summed E-state index contributed by atoms with van der Waals surface area (Å²) < 4.78 is 35.5. The molecule has 0 fully saturated rings. The Morgan fingerprint density at radius 2 is 1.77 bits per heavy atom. The Balaban J connectivity index is 1.70. The number of nitrogens with one attached hydrogen (secondary N) is 1. The molecule has 0 aliphatic heterocycles. The summed E-state index contributed by atoms with van der Waals surface area (Å²) in [6, 6.07) is 15.2. The maximum Gasteiger partial charge on any atom is 0.279 e. The van der Waals surface area contributed by atoms with Crippen molar-refractivity contribution in [3.63, 3.8) is 0 Å². The van der Waals surface area contributed by atoms with Crippen LogP contribution in [0.5, 0.6) is 0 Å². The van der Waals surface area contributed by atoms with E-state index >= 15 is 0 Å². The molecular weight excluding hydrogens is 553 g/mol. The number of carbonyl (C=O) groups excluding carboxylic acids is 1. The molecule has 182 valence electrons. The molecule has 35 heavy (non-hydrogen) atoms. The lowest BCUT2D eigenvalue weighted by molar-refractivity contribution is 0.0997. The molecular formula is C23H18Cl3N3O4S2. The van der Waals surface area contributed by atoms with Crippen molar-refractivity contribution in [2.45, 2.75) is 11.4 Å². The van der Waals surface area contributed by atoms with Crippen LogP contribution in [0.2, 0.25) is 15.1 Å². The monoisotopic (exact) mass is 569 g/mol. The van der Waals surface area contributed by atoms with E-state index in [9.17, 15) is 13.2 Å². The predicted octanol–water partition coefficient (Wildman–Crippen LogP) is 5.85. The van der Waals surface area contributed by atoms with Crippen molar-refractivity contribution in [3.8, 4) is 0 Å². The summed E-state index contributed by atoms with van der Waals surface area (Å²) in [5, 5.41) is 1.39. The SMILES string of the molecule is COCCn1c(=NC(=O)c2cccc(NS(=O)(=O)c3ccc(Cl)cc3)c2)sc2c(Cl)ccc(Cl)c21. The van der Waals surface area contributed by atoms with Gasteiger partial charge in [0.15, 0.2) is 4.80 Å². The zero-order valence-electron chi connectivity index (χ0n) is 18.2. The Morgan fingerprint density at radius 3 is 2.49 bits per heavy atom. The van der Waals surface area contributed by atoms with Crippen molar-refractivity contribution in [2.24, 2.45) is 4.99 Å². The third kappa shape index (κ3) is 5.72. The van der Waals surface area contributed by atoms with Crippen LogP contribution in [0.15, 0.2) is 70.6 Å². The fraction of sp³-hybridized carbons (Fsp3) is 0.130. The summed E-state index contributed by atoms with van der Waals surface area (Å²) in [7, 11) is -2.30. The highest BCUT2D eigenvalue weighted by atomic mass is 35.5. The summed E-state index contributed by atoms with van der Waals surface area (Å²) >= 11 is 19.8. The first-order valence-electron chi connectivity index (χ1n) is 10.1. The van der Waals surface area contributed by atoms with Gasteiger partial charge in [0.25, 0.3) is 15.9 Å². The highest BCUT2D eigenvalue weighted by Crippen LogP contribution is 2.32. The fourth-order valence-corrected chi connectivity index (χ4v) is 6.13. The summed E-state index contributed by atoms with van der Waals surface area (Å²) in [5.74, 6) is -0.553. The number of hydrogen-bond donors (Lipinski definition) is 1.